The van der Waals surface area contributed by atoms with E-state index in [1.807, 2.05) is 59.4 Å². The summed E-state index contributed by atoms with van der Waals surface area (Å²) in [6.45, 7) is 6.19. The second-order valence-corrected chi connectivity index (χ2v) is 16.7. The molecule has 2 atom stereocenters. The summed E-state index contributed by atoms with van der Waals surface area (Å²) in [6.07, 6.45) is 10.4. The number of benzene rings is 2. The number of carboxylic acid groups (broad SMARTS) is 1. The zero-order valence-corrected chi connectivity index (χ0v) is 30.2. The number of ether oxygens (including phenoxy) is 2. The Bertz CT molecular complexity index is 2140. The van der Waals surface area contributed by atoms with Crippen molar-refractivity contribution in [1.29, 1.82) is 0 Å². The molecule has 52 heavy (non-hydrogen) atoms. The Kier molecular flexibility index (Phi) is 8.07. The van der Waals surface area contributed by atoms with Crippen LogP contribution in [0.25, 0.3) is 21.3 Å². The molecule has 2 N–H and O–H groups in total. The molecule has 1 amide bonds. The van der Waals surface area contributed by atoms with Gasteiger partial charge in [0.1, 0.15) is 5.82 Å². The van der Waals surface area contributed by atoms with Gasteiger partial charge in [0.2, 0.25) is 5.88 Å². The Balaban J connectivity index is 0.951. The molecule has 4 bridgehead atoms. The van der Waals surface area contributed by atoms with Crippen molar-refractivity contribution in [3.63, 3.8) is 0 Å². The molecule has 2 aromatic carbocycles. The molecular weight excluding hydrogens is 677 g/mol. The maximum Gasteiger partial charge on any atom is 0.512 e. The van der Waals surface area contributed by atoms with Crippen molar-refractivity contribution < 1.29 is 24.2 Å². The maximum atomic E-state index is 13.6. The number of amides is 1. The van der Waals surface area contributed by atoms with Gasteiger partial charge in [0.25, 0.3) is 5.91 Å². The molecule has 2 unspecified atom stereocenters. The zero-order valence-electron chi connectivity index (χ0n) is 29.4. The number of pyridine rings is 1. The van der Waals surface area contributed by atoms with Crippen LogP contribution in [0.4, 0.5) is 15.7 Å². The number of hydrogen-bond acceptors (Lipinski definition) is 9. The lowest BCUT2D eigenvalue weighted by atomic mass is 9.48. The largest absolute Gasteiger partial charge is 0.512 e. The average molecular weight is 719 g/mol. The number of fused-ring (bicyclic) bond motifs is 2. The summed E-state index contributed by atoms with van der Waals surface area (Å²) in [5.74, 6) is 1.77. The van der Waals surface area contributed by atoms with Gasteiger partial charge >= 0.3 is 6.16 Å². The second-order valence-electron chi connectivity index (χ2n) is 15.7. The molecule has 4 aliphatic carbocycles. The predicted octanol–water partition coefficient (Wildman–Crippen LogP) is 8.19. The van der Waals surface area contributed by atoms with Crippen molar-refractivity contribution in [1.82, 2.24) is 19.7 Å². The quantitative estimate of drug-likeness (QED) is 0.145. The number of hydrogen-bond donors (Lipinski definition) is 2. The number of anilines is 2. The molecule has 5 aliphatic rings. The van der Waals surface area contributed by atoms with Gasteiger partial charge in [0.05, 0.1) is 28.1 Å². The van der Waals surface area contributed by atoms with Crippen molar-refractivity contribution >= 4 is 44.6 Å². The maximum absolute atomic E-state index is 13.6. The van der Waals surface area contributed by atoms with Crippen LogP contribution in [-0.2, 0) is 24.2 Å². The topological polar surface area (TPSA) is 132 Å². The van der Waals surface area contributed by atoms with E-state index >= 15 is 0 Å². The highest BCUT2D eigenvalue weighted by Crippen LogP contribution is 2.63. The third kappa shape index (κ3) is 6.21. The SMILES string of the molecule is CC(C)OC12CC3CC(CC(Cn4cc(-c5ccc(N6CCc7cccc(C(=O)Nc8nc9ccccc9s8)c7C6)nc5OC(=O)O)cn4)(C3)C1)C2. The van der Waals surface area contributed by atoms with Gasteiger partial charge < -0.3 is 19.5 Å². The van der Waals surface area contributed by atoms with Gasteiger partial charge in [-0.15, -0.1) is 0 Å². The fourth-order valence-corrected chi connectivity index (χ4v) is 11.0. The number of para-hydroxylation sites is 1. The van der Waals surface area contributed by atoms with Crippen molar-refractivity contribution in [2.24, 2.45) is 17.3 Å². The minimum atomic E-state index is -1.43. The first kappa shape index (κ1) is 33.1. The molecule has 0 radical (unpaired) electrons. The van der Waals surface area contributed by atoms with Gasteiger partial charge in [-0.3, -0.25) is 14.8 Å². The molecule has 4 heterocycles. The van der Waals surface area contributed by atoms with Crippen molar-refractivity contribution in [3.05, 3.63) is 83.7 Å². The van der Waals surface area contributed by atoms with Gasteiger partial charge in [0, 0.05) is 42.5 Å². The van der Waals surface area contributed by atoms with E-state index in [2.05, 4.69) is 35.1 Å². The molecular formula is C40H42N6O5S. The molecule has 1 aliphatic heterocycles. The minimum Gasteiger partial charge on any atom is -0.449 e. The van der Waals surface area contributed by atoms with Crippen molar-refractivity contribution in [2.75, 3.05) is 16.8 Å². The summed E-state index contributed by atoms with van der Waals surface area (Å²) in [4.78, 5) is 36.8. The number of carbonyl (C=O) groups is 2. The van der Waals surface area contributed by atoms with Gasteiger partial charge in [-0.1, -0.05) is 35.6 Å². The van der Waals surface area contributed by atoms with Crippen LogP contribution in [0.15, 0.2) is 67.0 Å². The standard InChI is InChI=1S/C40H42N6O5S/c1-24(2)51-40-17-25-14-26(18-40)16-39(15-25,22-40)23-46-20-28(19-41-46)29-10-11-34(43-36(29)50-38(48)49)45-13-12-27-6-5-7-30(31(27)21-45)35(47)44-37-42-32-8-3-4-9-33(32)52-37/h3-11,19-20,24-26H,12-18,21-23H2,1-2H3,(H,48,49)(H,42,44,47). The van der Waals surface area contributed by atoms with Crippen molar-refractivity contribution in [3.8, 4) is 17.0 Å². The van der Waals surface area contributed by atoms with Gasteiger partial charge in [-0.05, 0) is 118 Å². The molecule has 10 rings (SSSR count). The highest BCUT2D eigenvalue weighted by molar-refractivity contribution is 7.22. The highest BCUT2D eigenvalue weighted by atomic mass is 32.1. The van der Waals surface area contributed by atoms with Crippen LogP contribution in [0.3, 0.4) is 0 Å². The Hall–Kier alpha value is -4.81. The predicted molar refractivity (Wildman–Crippen MR) is 199 cm³/mol. The molecule has 4 saturated carbocycles. The summed E-state index contributed by atoms with van der Waals surface area (Å²) >= 11 is 1.44. The molecule has 0 spiro atoms. The zero-order chi connectivity index (χ0) is 35.6. The second kappa shape index (κ2) is 12.7. The molecule has 12 heteroatoms. The minimum absolute atomic E-state index is 0.0105. The summed E-state index contributed by atoms with van der Waals surface area (Å²) in [5.41, 5.74) is 4.88. The van der Waals surface area contributed by atoms with Crippen molar-refractivity contribution in [2.45, 2.75) is 83.6 Å². The fourth-order valence-electron chi connectivity index (χ4n) is 10.2. The van der Waals surface area contributed by atoms with Crippen LogP contribution < -0.4 is 15.0 Å². The lowest BCUT2D eigenvalue weighted by Crippen LogP contribution is -2.58. The van der Waals surface area contributed by atoms with E-state index in [0.717, 1.165) is 39.9 Å². The van der Waals surface area contributed by atoms with E-state index in [9.17, 15) is 14.7 Å². The van der Waals surface area contributed by atoms with Crippen LogP contribution in [0.2, 0.25) is 0 Å². The Morgan fingerprint density at radius 3 is 2.65 bits per heavy atom. The number of thiazole rings is 1. The molecule has 0 saturated heterocycles. The van der Waals surface area contributed by atoms with Crippen LogP contribution in [0, 0.1) is 17.3 Å². The first-order valence-electron chi connectivity index (χ1n) is 18.3. The van der Waals surface area contributed by atoms with Gasteiger partial charge in [0.15, 0.2) is 5.13 Å². The van der Waals surface area contributed by atoms with Crippen LogP contribution in [0.5, 0.6) is 5.88 Å². The monoisotopic (exact) mass is 718 g/mol. The van der Waals surface area contributed by atoms with E-state index in [0.29, 0.717) is 53.4 Å². The number of nitrogens with zero attached hydrogens (tertiary/aromatic N) is 5. The highest BCUT2D eigenvalue weighted by Gasteiger charge is 2.58. The molecule has 11 nitrogen and oxygen atoms in total. The van der Waals surface area contributed by atoms with E-state index in [4.69, 9.17) is 19.6 Å². The molecule has 4 fully saturated rings. The van der Waals surface area contributed by atoms with E-state index in [1.165, 1.54) is 43.4 Å². The number of aromatic nitrogens is 4. The first-order chi connectivity index (χ1) is 25.1. The Morgan fingerprint density at radius 1 is 1.04 bits per heavy atom. The van der Waals surface area contributed by atoms with Gasteiger partial charge in [-0.2, -0.15) is 10.1 Å². The Labute approximate surface area is 306 Å². The van der Waals surface area contributed by atoms with Crippen LogP contribution >= 0.6 is 11.3 Å². The first-order valence-corrected chi connectivity index (χ1v) is 19.1. The van der Waals surface area contributed by atoms with E-state index < -0.39 is 6.16 Å². The lowest BCUT2D eigenvalue weighted by Gasteiger charge is -2.62. The van der Waals surface area contributed by atoms with Crippen LogP contribution in [0.1, 0.15) is 73.9 Å². The average Bonchev–Trinajstić information content (AvgIpc) is 3.72. The number of carbonyl (C=O) groups excluding carboxylic acids is 1. The van der Waals surface area contributed by atoms with E-state index in [-0.39, 0.29) is 28.9 Å². The fraction of sp³-hybridized carbons (Fsp3) is 0.425. The summed E-state index contributed by atoms with van der Waals surface area (Å²) in [5, 5.41) is 18.0. The third-order valence-electron chi connectivity index (χ3n) is 11.4. The summed E-state index contributed by atoms with van der Waals surface area (Å²) in [7, 11) is 0. The normalized spacial score (nSPS) is 24.7. The summed E-state index contributed by atoms with van der Waals surface area (Å²) in [6, 6.07) is 17.3. The molecule has 5 aromatic rings. The third-order valence-corrected chi connectivity index (χ3v) is 12.4. The Morgan fingerprint density at radius 2 is 1.87 bits per heavy atom. The van der Waals surface area contributed by atoms with E-state index in [1.54, 1.807) is 6.20 Å². The smallest absolute Gasteiger partial charge is 0.449 e. The lowest BCUT2D eigenvalue weighted by molar-refractivity contribution is -0.211. The van der Waals surface area contributed by atoms with Gasteiger partial charge in [-0.25, -0.2) is 9.78 Å². The number of rotatable bonds is 9. The summed E-state index contributed by atoms with van der Waals surface area (Å²) < 4.78 is 15.0. The number of nitrogens with one attached hydrogen (secondary N) is 1. The molecule has 268 valence electrons. The van der Waals surface area contributed by atoms with Crippen LogP contribution in [-0.4, -0.2) is 55.2 Å². The molecule has 3 aromatic heterocycles.